The third kappa shape index (κ3) is 1.10. The molecule has 0 amide bonds. The van der Waals surface area contributed by atoms with E-state index in [1.165, 1.54) is 0 Å². The van der Waals surface area contributed by atoms with Crippen molar-refractivity contribution in [1.82, 2.24) is 0 Å². The van der Waals surface area contributed by atoms with Gasteiger partial charge >= 0.3 is 11.9 Å². The van der Waals surface area contributed by atoms with Gasteiger partial charge in [-0.1, -0.05) is 0 Å². The number of rotatable bonds is 2. The molecule has 1 rings (SSSR count). The molecule has 0 aromatic heterocycles. The van der Waals surface area contributed by atoms with Crippen molar-refractivity contribution in [1.29, 1.82) is 0 Å². The summed E-state index contributed by atoms with van der Waals surface area (Å²) >= 11 is 0. The van der Waals surface area contributed by atoms with Gasteiger partial charge in [0, 0.05) is 0 Å². The lowest BCUT2D eigenvalue weighted by molar-refractivity contribution is -0.154. The quantitative estimate of drug-likeness (QED) is 0.579. The van der Waals surface area contributed by atoms with E-state index in [4.69, 9.17) is 10.2 Å². The van der Waals surface area contributed by atoms with Crippen molar-refractivity contribution in [3.8, 4) is 0 Å². The maximum atomic E-state index is 10.2. The van der Waals surface area contributed by atoms with Gasteiger partial charge < -0.3 is 10.2 Å². The van der Waals surface area contributed by atoms with Gasteiger partial charge in [-0.05, 0) is 12.8 Å². The molecule has 10 heavy (non-hydrogen) atoms. The molecule has 4 heteroatoms. The Kier molecular flexibility index (Phi) is 1.61. The standard InChI is InChI=1S/C6H8O4/c7-5(8)3-1-4(2-3)6(9)10/h3-4H,1-2H2,(H,7,8)(H,9,10)/t3-,4-. The molecule has 0 saturated heterocycles. The summed E-state index contributed by atoms with van der Waals surface area (Å²) in [6.45, 7) is 0. The molecular weight excluding hydrogens is 136 g/mol. The number of carboxylic acid groups (broad SMARTS) is 2. The highest BCUT2D eigenvalue weighted by atomic mass is 16.4. The lowest BCUT2D eigenvalue weighted by Crippen LogP contribution is -2.34. The topological polar surface area (TPSA) is 74.6 Å². The highest BCUT2D eigenvalue weighted by Crippen LogP contribution is 2.33. The molecule has 0 heterocycles. The van der Waals surface area contributed by atoms with E-state index < -0.39 is 23.8 Å². The van der Waals surface area contributed by atoms with Crippen LogP contribution >= 0.6 is 0 Å². The van der Waals surface area contributed by atoms with Gasteiger partial charge in [-0.25, -0.2) is 0 Å². The van der Waals surface area contributed by atoms with E-state index in [0.717, 1.165) is 0 Å². The van der Waals surface area contributed by atoms with E-state index >= 15 is 0 Å². The van der Waals surface area contributed by atoms with Crippen LogP contribution in [0.2, 0.25) is 0 Å². The van der Waals surface area contributed by atoms with Gasteiger partial charge in [0.2, 0.25) is 0 Å². The summed E-state index contributed by atoms with van der Waals surface area (Å²) in [5, 5.41) is 16.7. The van der Waals surface area contributed by atoms with Crippen LogP contribution in [0.4, 0.5) is 0 Å². The molecular formula is C6H8O4. The zero-order valence-corrected chi connectivity index (χ0v) is 5.28. The second-order valence-corrected chi connectivity index (χ2v) is 2.54. The minimum atomic E-state index is -0.877. The molecule has 0 aliphatic heterocycles. The number of aliphatic carboxylic acids is 2. The molecule has 1 saturated carbocycles. The second-order valence-electron chi connectivity index (χ2n) is 2.54. The summed E-state index contributed by atoms with van der Waals surface area (Å²) < 4.78 is 0. The van der Waals surface area contributed by atoms with Gasteiger partial charge in [0.1, 0.15) is 0 Å². The summed E-state index contributed by atoms with van der Waals surface area (Å²) in [6, 6.07) is 0. The van der Waals surface area contributed by atoms with Crippen LogP contribution in [0.5, 0.6) is 0 Å². The molecule has 0 bridgehead atoms. The Morgan fingerprint density at radius 1 is 1.00 bits per heavy atom. The number of hydrogen-bond donors (Lipinski definition) is 2. The monoisotopic (exact) mass is 144 g/mol. The van der Waals surface area contributed by atoms with E-state index in [-0.39, 0.29) is 0 Å². The molecule has 4 nitrogen and oxygen atoms in total. The van der Waals surface area contributed by atoms with E-state index in [9.17, 15) is 9.59 Å². The lowest BCUT2D eigenvalue weighted by atomic mass is 9.75. The molecule has 0 aromatic carbocycles. The first kappa shape index (κ1) is 7.05. The van der Waals surface area contributed by atoms with Gasteiger partial charge in [-0.2, -0.15) is 0 Å². The second kappa shape index (κ2) is 2.28. The minimum absolute atomic E-state index is 0.296. The molecule has 0 atom stereocenters. The summed E-state index contributed by atoms with van der Waals surface area (Å²) in [5.74, 6) is -2.59. The average Bonchev–Trinajstić information content (AvgIpc) is 1.56. The predicted molar refractivity (Wildman–Crippen MR) is 31.5 cm³/mol. The van der Waals surface area contributed by atoms with Crippen LogP contribution in [0, 0.1) is 11.8 Å². The molecule has 2 N–H and O–H groups in total. The smallest absolute Gasteiger partial charge is 0.306 e. The molecule has 0 unspecified atom stereocenters. The fourth-order valence-electron chi connectivity index (χ4n) is 1.02. The molecule has 1 aliphatic carbocycles. The minimum Gasteiger partial charge on any atom is -0.481 e. The van der Waals surface area contributed by atoms with Crippen molar-refractivity contribution >= 4 is 11.9 Å². The summed E-state index contributed by atoms with van der Waals surface area (Å²) in [7, 11) is 0. The van der Waals surface area contributed by atoms with Crippen molar-refractivity contribution in [2.24, 2.45) is 11.8 Å². The highest BCUT2D eigenvalue weighted by molar-refractivity contribution is 5.77. The summed E-state index contributed by atoms with van der Waals surface area (Å²) in [6.07, 6.45) is 0.593. The molecule has 0 aromatic rings. The van der Waals surface area contributed by atoms with Crippen molar-refractivity contribution in [2.45, 2.75) is 12.8 Å². The zero-order valence-electron chi connectivity index (χ0n) is 5.28. The predicted octanol–water partition coefficient (Wildman–Crippen LogP) is 0.182. The Bertz CT molecular complexity index is 151. The van der Waals surface area contributed by atoms with Crippen molar-refractivity contribution in [3.63, 3.8) is 0 Å². The first-order valence-electron chi connectivity index (χ1n) is 3.07. The van der Waals surface area contributed by atoms with Gasteiger partial charge in [0.25, 0.3) is 0 Å². The van der Waals surface area contributed by atoms with Crippen LogP contribution < -0.4 is 0 Å². The van der Waals surface area contributed by atoms with Gasteiger partial charge in [-0.15, -0.1) is 0 Å². The van der Waals surface area contributed by atoms with E-state index in [0.29, 0.717) is 12.8 Å². The maximum Gasteiger partial charge on any atom is 0.306 e. The first-order chi connectivity index (χ1) is 4.61. The SMILES string of the molecule is O=C(O)[C@H]1C[C@H](C(=O)O)C1. The summed E-state index contributed by atoms with van der Waals surface area (Å²) in [4.78, 5) is 20.3. The average molecular weight is 144 g/mol. The fourth-order valence-corrected chi connectivity index (χ4v) is 1.02. The Balaban J connectivity index is 2.31. The third-order valence-corrected chi connectivity index (χ3v) is 1.84. The highest BCUT2D eigenvalue weighted by Gasteiger charge is 2.38. The lowest BCUT2D eigenvalue weighted by Gasteiger charge is -2.28. The Hall–Kier alpha value is -1.06. The molecule has 1 fully saturated rings. The maximum absolute atomic E-state index is 10.2. The first-order valence-corrected chi connectivity index (χ1v) is 3.07. The normalized spacial score (nSPS) is 30.8. The van der Waals surface area contributed by atoms with Crippen LogP contribution in [-0.4, -0.2) is 22.2 Å². The number of carbonyl (C=O) groups is 2. The van der Waals surface area contributed by atoms with Gasteiger partial charge in [-0.3, -0.25) is 9.59 Å². The fraction of sp³-hybridized carbons (Fsp3) is 0.667. The van der Waals surface area contributed by atoms with Crippen molar-refractivity contribution in [3.05, 3.63) is 0 Å². The van der Waals surface area contributed by atoms with Crippen LogP contribution in [0.25, 0.3) is 0 Å². The third-order valence-electron chi connectivity index (χ3n) is 1.84. The van der Waals surface area contributed by atoms with Crippen LogP contribution in [0.3, 0.4) is 0 Å². The largest absolute Gasteiger partial charge is 0.481 e. The Morgan fingerprint density at radius 3 is 1.50 bits per heavy atom. The summed E-state index contributed by atoms with van der Waals surface area (Å²) in [5.41, 5.74) is 0. The number of carboxylic acids is 2. The van der Waals surface area contributed by atoms with Crippen LogP contribution in [-0.2, 0) is 9.59 Å². The number of hydrogen-bond acceptors (Lipinski definition) is 2. The van der Waals surface area contributed by atoms with Gasteiger partial charge in [0.05, 0.1) is 11.8 Å². The van der Waals surface area contributed by atoms with Crippen LogP contribution in [0.15, 0.2) is 0 Å². The Morgan fingerprint density at radius 2 is 1.30 bits per heavy atom. The van der Waals surface area contributed by atoms with Gasteiger partial charge in [0.15, 0.2) is 0 Å². The van der Waals surface area contributed by atoms with Crippen molar-refractivity contribution in [2.75, 3.05) is 0 Å². The van der Waals surface area contributed by atoms with E-state index in [2.05, 4.69) is 0 Å². The molecule has 0 spiro atoms. The van der Waals surface area contributed by atoms with E-state index in [1.54, 1.807) is 0 Å². The van der Waals surface area contributed by atoms with Crippen LogP contribution in [0.1, 0.15) is 12.8 Å². The Labute approximate surface area is 57.5 Å². The van der Waals surface area contributed by atoms with Crippen molar-refractivity contribution < 1.29 is 19.8 Å². The molecule has 1 aliphatic rings. The van der Waals surface area contributed by atoms with E-state index in [1.807, 2.05) is 0 Å². The molecule has 0 radical (unpaired) electrons. The molecule has 56 valence electrons. The zero-order chi connectivity index (χ0) is 7.72.